The number of rotatable bonds is 3. The van der Waals surface area contributed by atoms with Crippen molar-refractivity contribution >= 4 is 46.6 Å². The molecule has 1 amide bonds. The van der Waals surface area contributed by atoms with E-state index < -0.39 is 5.54 Å². The highest BCUT2D eigenvalue weighted by Crippen LogP contribution is 2.28. The van der Waals surface area contributed by atoms with Gasteiger partial charge < -0.3 is 10.6 Å². The molecule has 5 nitrogen and oxygen atoms in total. The summed E-state index contributed by atoms with van der Waals surface area (Å²) in [6.07, 6.45) is 5.08. The Morgan fingerprint density at radius 2 is 1.95 bits per heavy atom. The number of amides is 1. The second-order valence-corrected chi connectivity index (χ2v) is 6.44. The van der Waals surface area contributed by atoms with Crippen LogP contribution in [0.25, 0.3) is 0 Å². The predicted octanol–water partition coefficient (Wildman–Crippen LogP) is 2.63. The number of hydrogen-bond acceptors (Lipinski definition) is 3. The van der Waals surface area contributed by atoms with Crippen molar-refractivity contribution in [2.24, 2.45) is 0 Å². The first-order valence-corrected chi connectivity index (χ1v) is 8.06. The zero-order chi connectivity index (χ0) is 14.7. The van der Waals surface area contributed by atoms with Crippen molar-refractivity contribution in [3.63, 3.8) is 0 Å². The topological polar surface area (TPSA) is 59.0 Å². The minimum Gasteiger partial charge on any atom is -0.324 e. The molecule has 1 aliphatic heterocycles. The van der Waals surface area contributed by atoms with E-state index in [4.69, 9.17) is 0 Å². The summed E-state index contributed by atoms with van der Waals surface area (Å²) in [7, 11) is 0. The number of benzene rings is 1. The van der Waals surface area contributed by atoms with Gasteiger partial charge in [0.05, 0.1) is 0 Å². The van der Waals surface area contributed by atoms with Gasteiger partial charge in [0.15, 0.2) is 0 Å². The molecule has 1 aromatic carbocycles. The second-order valence-electron chi connectivity index (χ2n) is 5.19. The molecule has 2 heterocycles. The van der Waals surface area contributed by atoms with Crippen molar-refractivity contribution < 1.29 is 4.79 Å². The van der Waals surface area contributed by atoms with Crippen molar-refractivity contribution in [3.8, 4) is 0 Å². The molecule has 0 radical (unpaired) electrons. The van der Waals surface area contributed by atoms with Crippen LogP contribution in [-0.4, -0.2) is 28.8 Å². The molecule has 0 bridgehead atoms. The number of aromatic nitrogens is 2. The van der Waals surface area contributed by atoms with E-state index in [0.29, 0.717) is 0 Å². The van der Waals surface area contributed by atoms with E-state index in [1.807, 2.05) is 36.5 Å². The Hall–Kier alpha value is -1.12. The smallest absolute Gasteiger partial charge is 0.252 e. The van der Waals surface area contributed by atoms with Gasteiger partial charge in [0.1, 0.15) is 5.54 Å². The maximum Gasteiger partial charge on any atom is 0.252 e. The predicted molar refractivity (Wildman–Crippen MR) is 97.3 cm³/mol. The number of carbonyl (C=O) groups is 1. The lowest BCUT2D eigenvalue weighted by atomic mass is 9.87. The summed E-state index contributed by atoms with van der Waals surface area (Å²) < 4.78 is 2.95. The number of piperidine rings is 1. The first-order valence-electron chi connectivity index (χ1n) is 6.99. The van der Waals surface area contributed by atoms with Crippen LogP contribution < -0.4 is 10.6 Å². The van der Waals surface area contributed by atoms with Gasteiger partial charge in [-0.25, -0.2) is 0 Å². The number of carbonyl (C=O) groups excluding carboxylic acids is 1. The van der Waals surface area contributed by atoms with Crippen LogP contribution in [0.15, 0.2) is 42.7 Å². The van der Waals surface area contributed by atoms with Crippen LogP contribution in [0, 0.1) is 3.57 Å². The Morgan fingerprint density at radius 1 is 1.27 bits per heavy atom. The Bertz CT molecular complexity index is 609. The van der Waals surface area contributed by atoms with Gasteiger partial charge in [-0.05, 0) is 78.9 Å². The van der Waals surface area contributed by atoms with Gasteiger partial charge >= 0.3 is 0 Å². The fraction of sp³-hybridized carbons (Fsp3) is 0.333. The number of anilines is 1. The maximum absolute atomic E-state index is 12.9. The van der Waals surface area contributed by atoms with Gasteiger partial charge in [0.25, 0.3) is 5.91 Å². The summed E-state index contributed by atoms with van der Waals surface area (Å²) >= 11 is 2.25. The van der Waals surface area contributed by atoms with Crippen molar-refractivity contribution in [1.82, 2.24) is 15.1 Å². The first kappa shape index (κ1) is 17.2. The average molecular weight is 433 g/mol. The number of hydrogen-bond donors (Lipinski definition) is 2. The third-order valence-electron chi connectivity index (χ3n) is 3.90. The Kier molecular flexibility index (Phi) is 5.82. The van der Waals surface area contributed by atoms with Crippen LogP contribution in [-0.2, 0) is 10.3 Å². The highest BCUT2D eigenvalue weighted by atomic mass is 127. The number of halogens is 2. The van der Waals surface area contributed by atoms with Gasteiger partial charge in [0, 0.05) is 21.7 Å². The van der Waals surface area contributed by atoms with E-state index in [0.717, 1.165) is 35.2 Å². The van der Waals surface area contributed by atoms with Gasteiger partial charge in [0.2, 0.25) is 0 Å². The Morgan fingerprint density at radius 3 is 2.55 bits per heavy atom. The summed E-state index contributed by atoms with van der Waals surface area (Å²) in [5.41, 5.74) is 0.225. The SMILES string of the molecule is Cl.O=C(Nc1ccc(I)cc1)C1(n2cccn2)CCNCC1. The lowest BCUT2D eigenvalue weighted by Gasteiger charge is -2.36. The molecule has 2 aromatic rings. The largest absolute Gasteiger partial charge is 0.324 e. The van der Waals surface area contributed by atoms with Crippen LogP contribution in [0.2, 0.25) is 0 Å². The zero-order valence-corrected chi connectivity index (χ0v) is 14.9. The molecule has 22 heavy (non-hydrogen) atoms. The summed E-state index contributed by atoms with van der Waals surface area (Å²) in [6, 6.07) is 9.69. The molecule has 118 valence electrons. The molecular weight excluding hydrogens is 415 g/mol. The lowest BCUT2D eigenvalue weighted by Crippen LogP contribution is -2.52. The molecule has 0 spiro atoms. The van der Waals surface area contributed by atoms with Gasteiger partial charge in [-0.3, -0.25) is 9.48 Å². The van der Waals surface area contributed by atoms with Crippen molar-refractivity contribution in [2.75, 3.05) is 18.4 Å². The number of nitrogens with zero attached hydrogens (tertiary/aromatic N) is 2. The van der Waals surface area contributed by atoms with E-state index >= 15 is 0 Å². The van der Waals surface area contributed by atoms with E-state index in [1.54, 1.807) is 10.9 Å². The molecular formula is C15H18ClIN4O. The molecule has 1 fully saturated rings. The average Bonchev–Trinajstić information content (AvgIpc) is 3.05. The molecule has 7 heteroatoms. The molecule has 0 atom stereocenters. The Balaban J connectivity index is 0.00000176. The summed E-state index contributed by atoms with van der Waals surface area (Å²) in [5, 5.41) is 10.7. The summed E-state index contributed by atoms with van der Waals surface area (Å²) in [4.78, 5) is 12.9. The second kappa shape index (κ2) is 7.43. The quantitative estimate of drug-likeness (QED) is 0.733. The van der Waals surface area contributed by atoms with Crippen LogP contribution in [0.1, 0.15) is 12.8 Å². The minimum absolute atomic E-state index is 0. The molecule has 2 N–H and O–H groups in total. The molecule has 0 aliphatic carbocycles. The van der Waals surface area contributed by atoms with Gasteiger partial charge in [-0.1, -0.05) is 0 Å². The van der Waals surface area contributed by atoms with E-state index in [1.165, 1.54) is 0 Å². The minimum atomic E-state index is -0.599. The fourth-order valence-corrected chi connectivity index (χ4v) is 3.06. The van der Waals surface area contributed by atoms with E-state index in [9.17, 15) is 4.79 Å². The third kappa shape index (κ3) is 3.44. The molecule has 3 rings (SSSR count). The van der Waals surface area contributed by atoms with E-state index in [2.05, 4.69) is 38.3 Å². The van der Waals surface area contributed by atoms with Gasteiger partial charge in [-0.2, -0.15) is 5.10 Å². The molecule has 0 unspecified atom stereocenters. The fourth-order valence-electron chi connectivity index (χ4n) is 2.70. The van der Waals surface area contributed by atoms with Crippen molar-refractivity contribution in [1.29, 1.82) is 0 Å². The molecule has 1 saturated heterocycles. The maximum atomic E-state index is 12.9. The highest BCUT2D eigenvalue weighted by Gasteiger charge is 2.41. The van der Waals surface area contributed by atoms with Crippen LogP contribution >= 0.6 is 35.0 Å². The van der Waals surface area contributed by atoms with Crippen molar-refractivity contribution in [2.45, 2.75) is 18.4 Å². The van der Waals surface area contributed by atoms with E-state index in [-0.39, 0.29) is 18.3 Å². The zero-order valence-electron chi connectivity index (χ0n) is 12.0. The third-order valence-corrected chi connectivity index (χ3v) is 4.62. The first-order chi connectivity index (χ1) is 10.2. The molecule has 1 aromatic heterocycles. The normalized spacial score (nSPS) is 16.6. The van der Waals surface area contributed by atoms with Crippen molar-refractivity contribution in [3.05, 3.63) is 46.3 Å². The van der Waals surface area contributed by atoms with Gasteiger partial charge in [-0.15, -0.1) is 12.4 Å². The summed E-state index contributed by atoms with van der Waals surface area (Å²) in [5.74, 6) is 0.00825. The monoisotopic (exact) mass is 432 g/mol. The highest BCUT2D eigenvalue weighted by molar-refractivity contribution is 14.1. The van der Waals surface area contributed by atoms with Crippen LogP contribution in [0.4, 0.5) is 5.69 Å². The summed E-state index contributed by atoms with van der Waals surface area (Å²) in [6.45, 7) is 1.64. The molecule has 1 aliphatic rings. The Labute approximate surface area is 149 Å². The van der Waals surface area contributed by atoms with Crippen LogP contribution in [0.5, 0.6) is 0 Å². The standard InChI is InChI=1S/C15H17IN4O.ClH/c16-12-2-4-13(5-3-12)19-14(21)15(6-9-17-10-7-15)20-11-1-8-18-20;/h1-5,8,11,17H,6-7,9-10H2,(H,19,21);1H. The lowest BCUT2D eigenvalue weighted by molar-refractivity contribution is -0.126. The van der Waals surface area contributed by atoms with Crippen LogP contribution in [0.3, 0.4) is 0 Å². The number of nitrogens with one attached hydrogen (secondary N) is 2. The molecule has 0 saturated carbocycles.